The van der Waals surface area contributed by atoms with Crippen molar-refractivity contribution >= 4 is 5.91 Å². The van der Waals surface area contributed by atoms with Gasteiger partial charge in [-0.3, -0.25) is 14.8 Å². The van der Waals surface area contributed by atoms with Crippen LogP contribution in [0.15, 0.2) is 12.4 Å². The lowest BCUT2D eigenvalue weighted by Crippen LogP contribution is -2.53. The van der Waals surface area contributed by atoms with E-state index in [2.05, 4.69) is 15.1 Å². The van der Waals surface area contributed by atoms with Gasteiger partial charge in [0.25, 0.3) is 0 Å². The third-order valence-electron chi connectivity index (χ3n) is 6.16. The Morgan fingerprint density at radius 2 is 2.04 bits per heavy atom. The Bertz CT molecular complexity index is 573. The molecule has 0 spiro atoms. The van der Waals surface area contributed by atoms with Gasteiger partial charge in [0, 0.05) is 44.8 Å². The molecule has 4 rings (SSSR count). The van der Waals surface area contributed by atoms with Gasteiger partial charge in [-0.05, 0) is 36.7 Å². The minimum atomic E-state index is -0.277. The number of nitrogens with one attached hydrogen (secondary N) is 1. The number of aromatic nitrogens is 2. The van der Waals surface area contributed by atoms with Crippen LogP contribution in [0.1, 0.15) is 24.8 Å². The molecule has 2 aliphatic heterocycles. The Morgan fingerprint density at radius 3 is 2.76 bits per heavy atom. The summed E-state index contributed by atoms with van der Waals surface area (Å²) in [6, 6.07) is 0.228. The van der Waals surface area contributed by atoms with E-state index < -0.39 is 0 Å². The van der Waals surface area contributed by atoms with Crippen molar-refractivity contribution in [2.75, 3.05) is 39.4 Å². The smallest absolute Gasteiger partial charge is 0.222 e. The van der Waals surface area contributed by atoms with E-state index in [9.17, 15) is 9.90 Å². The number of aliphatic hydroxyl groups is 1. The monoisotopic (exact) mass is 348 g/mol. The quantitative estimate of drug-likeness (QED) is 0.816. The van der Waals surface area contributed by atoms with Gasteiger partial charge in [-0.2, -0.15) is 5.10 Å². The summed E-state index contributed by atoms with van der Waals surface area (Å²) >= 11 is 0. The van der Waals surface area contributed by atoms with Crippen LogP contribution >= 0.6 is 0 Å². The van der Waals surface area contributed by atoms with E-state index in [4.69, 9.17) is 4.74 Å². The fraction of sp³-hybridized carbons (Fsp3) is 0.778. The average molecular weight is 348 g/mol. The summed E-state index contributed by atoms with van der Waals surface area (Å²) in [4.78, 5) is 17.0. The van der Waals surface area contributed by atoms with E-state index in [-0.39, 0.29) is 18.1 Å². The molecule has 1 aliphatic carbocycles. The van der Waals surface area contributed by atoms with Crippen molar-refractivity contribution < 1.29 is 14.6 Å². The van der Waals surface area contributed by atoms with Gasteiger partial charge < -0.3 is 14.7 Å². The molecule has 7 nitrogen and oxygen atoms in total. The highest BCUT2D eigenvalue weighted by Gasteiger charge is 2.44. The van der Waals surface area contributed by atoms with Crippen molar-refractivity contribution in [2.24, 2.45) is 11.8 Å². The van der Waals surface area contributed by atoms with Gasteiger partial charge in [0.1, 0.15) is 0 Å². The van der Waals surface area contributed by atoms with Gasteiger partial charge in [-0.25, -0.2) is 0 Å². The maximum Gasteiger partial charge on any atom is 0.222 e. The van der Waals surface area contributed by atoms with Gasteiger partial charge >= 0.3 is 0 Å². The van der Waals surface area contributed by atoms with Crippen LogP contribution in [-0.2, 0) is 16.0 Å². The normalized spacial score (nSPS) is 33.4. The predicted octanol–water partition coefficient (Wildman–Crippen LogP) is 0.272. The molecule has 3 aliphatic rings. The Balaban J connectivity index is 1.32. The molecule has 1 amide bonds. The molecule has 0 unspecified atom stereocenters. The van der Waals surface area contributed by atoms with Gasteiger partial charge in [0.2, 0.25) is 5.91 Å². The highest BCUT2D eigenvalue weighted by atomic mass is 16.5. The highest BCUT2D eigenvalue weighted by molar-refractivity contribution is 5.76. The first-order chi connectivity index (χ1) is 12.2. The Labute approximate surface area is 148 Å². The van der Waals surface area contributed by atoms with Crippen molar-refractivity contribution in [1.82, 2.24) is 20.0 Å². The third-order valence-corrected chi connectivity index (χ3v) is 6.16. The maximum absolute atomic E-state index is 12.6. The molecule has 0 aromatic carbocycles. The fourth-order valence-electron chi connectivity index (χ4n) is 4.74. The fourth-order valence-corrected chi connectivity index (χ4v) is 4.74. The number of nitrogens with zero attached hydrogens (tertiary/aromatic N) is 3. The average Bonchev–Trinajstić information content (AvgIpc) is 3.29. The van der Waals surface area contributed by atoms with Crippen molar-refractivity contribution in [2.45, 2.75) is 37.8 Å². The van der Waals surface area contributed by atoms with Crippen molar-refractivity contribution in [3.63, 3.8) is 0 Å². The van der Waals surface area contributed by atoms with Crippen LogP contribution in [-0.4, -0.2) is 82.5 Å². The van der Waals surface area contributed by atoms with Crippen LogP contribution in [0.5, 0.6) is 0 Å². The van der Waals surface area contributed by atoms with Gasteiger partial charge in [-0.15, -0.1) is 0 Å². The van der Waals surface area contributed by atoms with Crippen LogP contribution in [0.4, 0.5) is 0 Å². The third kappa shape index (κ3) is 3.73. The molecule has 2 saturated heterocycles. The zero-order valence-electron chi connectivity index (χ0n) is 14.6. The van der Waals surface area contributed by atoms with Gasteiger partial charge in [-0.1, -0.05) is 0 Å². The number of rotatable bonds is 4. The molecule has 25 heavy (non-hydrogen) atoms. The number of hydrogen-bond donors (Lipinski definition) is 2. The molecule has 3 fully saturated rings. The number of carbonyl (C=O) groups excluding carboxylic acids is 1. The molecule has 4 atom stereocenters. The number of aromatic amines is 1. The summed E-state index contributed by atoms with van der Waals surface area (Å²) in [5, 5.41) is 17.3. The lowest BCUT2D eigenvalue weighted by atomic mass is 9.77. The molecule has 1 aromatic heterocycles. The molecule has 3 heterocycles. The number of ether oxygens (including phenoxy) is 1. The molecular weight excluding hydrogens is 320 g/mol. The number of aliphatic hydroxyl groups excluding tert-OH is 1. The van der Waals surface area contributed by atoms with Crippen molar-refractivity contribution in [3.8, 4) is 0 Å². The van der Waals surface area contributed by atoms with E-state index in [1.165, 1.54) is 0 Å². The van der Waals surface area contributed by atoms with Crippen LogP contribution in [0.25, 0.3) is 0 Å². The predicted molar refractivity (Wildman–Crippen MR) is 91.9 cm³/mol. The summed E-state index contributed by atoms with van der Waals surface area (Å²) < 4.78 is 5.44. The van der Waals surface area contributed by atoms with Crippen LogP contribution in [0.2, 0.25) is 0 Å². The molecule has 0 bridgehead atoms. The second-order valence-electron chi connectivity index (χ2n) is 7.68. The van der Waals surface area contributed by atoms with E-state index in [0.29, 0.717) is 18.3 Å². The van der Waals surface area contributed by atoms with Crippen LogP contribution in [0, 0.1) is 11.8 Å². The Morgan fingerprint density at radius 1 is 1.28 bits per heavy atom. The summed E-state index contributed by atoms with van der Waals surface area (Å²) in [5.74, 6) is 1.20. The van der Waals surface area contributed by atoms with E-state index in [1.54, 1.807) is 6.20 Å². The SMILES string of the molecule is O=C(CCc1cn[nH]c1)N1C[C@H]2C[C@@H](N3CCOCC3)[C@H](O)C[C@H]2C1. The zero-order valence-corrected chi connectivity index (χ0v) is 14.6. The number of aryl methyl sites for hydroxylation is 1. The van der Waals surface area contributed by atoms with Gasteiger partial charge in [0.15, 0.2) is 0 Å². The second-order valence-corrected chi connectivity index (χ2v) is 7.68. The molecule has 0 radical (unpaired) electrons. The van der Waals surface area contributed by atoms with Crippen molar-refractivity contribution in [1.29, 1.82) is 0 Å². The lowest BCUT2D eigenvalue weighted by Gasteiger charge is -2.43. The first kappa shape index (κ1) is 17.0. The van der Waals surface area contributed by atoms with Crippen LogP contribution < -0.4 is 0 Å². The van der Waals surface area contributed by atoms with E-state index in [1.807, 2.05) is 11.1 Å². The van der Waals surface area contributed by atoms with E-state index in [0.717, 1.165) is 64.2 Å². The first-order valence-corrected chi connectivity index (χ1v) is 9.46. The number of H-pyrrole nitrogens is 1. The number of fused-ring (bicyclic) bond motifs is 1. The number of carbonyl (C=O) groups is 1. The topological polar surface area (TPSA) is 81.7 Å². The molecular formula is C18H28N4O3. The van der Waals surface area contributed by atoms with E-state index >= 15 is 0 Å². The minimum Gasteiger partial charge on any atom is -0.391 e. The number of hydrogen-bond acceptors (Lipinski definition) is 5. The Kier molecular flexibility index (Phi) is 5.05. The molecule has 1 saturated carbocycles. The summed E-state index contributed by atoms with van der Waals surface area (Å²) in [6.45, 7) is 5.00. The highest BCUT2D eigenvalue weighted by Crippen LogP contribution is 2.38. The number of likely N-dealkylation sites (tertiary alicyclic amines) is 1. The largest absolute Gasteiger partial charge is 0.391 e. The molecule has 1 aromatic rings. The maximum atomic E-state index is 12.6. The first-order valence-electron chi connectivity index (χ1n) is 9.46. The zero-order chi connectivity index (χ0) is 17.2. The molecule has 7 heteroatoms. The number of amides is 1. The number of morpholine rings is 1. The van der Waals surface area contributed by atoms with Crippen molar-refractivity contribution in [3.05, 3.63) is 18.0 Å². The Hall–Kier alpha value is -1.44. The molecule has 2 N–H and O–H groups in total. The lowest BCUT2D eigenvalue weighted by molar-refractivity contribution is -0.130. The minimum absolute atomic E-state index is 0.228. The molecule has 138 valence electrons. The summed E-state index contributed by atoms with van der Waals surface area (Å²) in [6.07, 6.45) is 6.44. The summed E-state index contributed by atoms with van der Waals surface area (Å²) in [7, 11) is 0. The standard InChI is InChI=1S/C18H28N4O3/c23-17-8-15-12-22(18(24)2-1-13-9-19-20-10-13)11-14(15)7-16(17)21-3-5-25-6-4-21/h9-10,14-17,23H,1-8,11-12H2,(H,19,20)/t14-,15+,16-,17-/m1/s1. The summed E-state index contributed by atoms with van der Waals surface area (Å²) in [5.41, 5.74) is 1.08. The van der Waals surface area contributed by atoms with Crippen LogP contribution in [0.3, 0.4) is 0 Å². The van der Waals surface area contributed by atoms with Gasteiger partial charge in [0.05, 0.1) is 25.5 Å². The second kappa shape index (κ2) is 7.43.